The Morgan fingerprint density at radius 3 is 2.32 bits per heavy atom. The molecule has 1 heterocycles. The molecule has 1 fully saturated rings. The van der Waals surface area contributed by atoms with Crippen molar-refractivity contribution >= 4 is 0 Å². The van der Waals surface area contributed by atoms with Crippen LogP contribution in [-0.2, 0) is 4.74 Å². The van der Waals surface area contributed by atoms with E-state index < -0.39 is 0 Å². The van der Waals surface area contributed by atoms with Crippen molar-refractivity contribution in [1.82, 2.24) is 10.2 Å². The fourth-order valence-electron chi connectivity index (χ4n) is 3.31. The first-order valence-corrected chi connectivity index (χ1v) is 8.26. The van der Waals surface area contributed by atoms with E-state index in [4.69, 9.17) is 4.74 Å². The standard InChI is InChI=1S/C16H34N2O/c1-5-8-15(17-11-6-2)16(7-3)18-12-9-14(19-4)10-13-18/h14-17H,5-13H2,1-4H3. The van der Waals surface area contributed by atoms with Crippen LogP contribution in [0.25, 0.3) is 0 Å². The van der Waals surface area contributed by atoms with Crippen molar-refractivity contribution in [2.75, 3.05) is 26.7 Å². The molecule has 1 aliphatic heterocycles. The molecule has 0 radical (unpaired) electrons. The van der Waals surface area contributed by atoms with Gasteiger partial charge in [-0.05, 0) is 38.6 Å². The van der Waals surface area contributed by atoms with Crippen molar-refractivity contribution in [3.63, 3.8) is 0 Å². The molecule has 0 aromatic carbocycles. The van der Waals surface area contributed by atoms with Gasteiger partial charge in [-0.25, -0.2) is 0 Å². The molecular weight excluding hydrogens is 236 g/mol. The predicted octanol–water partition coefficient (Wildman–Crippen LogP) is 3.04. The maximum absolute atomic E-state index is 5.48. The number of rotatable bonds is 9. The maximum Gasteiger partial charge on any atom is 0.0595 e. The molecule has 0 saturated carbocycles. The van der Waals surface area contributed by atoms with Gasteiger partial charge in [-0.15, -0.1) is 0 Å². The number of methoxy groups -OCH3 is 1. The van der Waals surface area contributed by atoms with Gasteiger partial charge in [0.25, 0.3) is 0 Å². The van der Waals surface area contributed by atoms with E-state index >= 15 is 0 Å². The number of hydrogen-bond acceptors (Lipinski definition) is 3. The van der Waals surface area contributed by atoms with Gasteiger partial charge in [-0.3, -0.25) is 4.90 Å². The summed E-state index contributed by atoms with van der Waals surface area (Å²) in [6.45, 7) is 10.4. The Morgan fingerprint density at radius 2 is 1.84 bits per heavy atom. The van der Waals surface area contributed by atoms with E-state index in [0.29, 0.717) is 18.2 Å². The van der Waals surface area contributed by atoms with Crippen LogP contribution in [0.2, 0.25) is 0 Å². The number of piperidine rings is 1. The van der Waals surface area contributed by atoms with Crippen molar-refractivity contribution in [2.24, 2.45) is 0 Å². The van der Waals surface area contributed by atoms with Gasteiger partial charge in [-0.1, -0.05) is 27.2 Å². The Morgan fingerprint density at radius 1 is 1.16 bits per heavy atom. The third-order valence-corrected chi connectivity index (χ3v) is 4.42. The van der Waals surface area contributed by atoms with E-state index in [9.17, 15) is 0 Å². The van der Waals surface area contributed by atoms with Crippen LogP contribution >= 0.6 is 0 Å². The second-order valence-corrected chi connectivity index (χ2v) is 5.80. The van der Waals surface area contributed by atoms with Crippen molar-refractivity contribution in [2.45, 2.75) is 77.5 Å². The monoisotopic (exact) mass is 270 g/mol. The molecule has 2 unspecified atom stereocenters. The van der Waals surface area contributed by atoms with Crippen LogP contribution in [-0.4, -0.2) is 49.8 Å². The van der Waals surface area contributed by atoms with Crippen LogP contribution in [0.5, 0.6) is 0 Å². The van der Waals surface area contributed by atoms with E-state index in [0.717, 1.165) is 6.54 Å². The highest BCUT2D eigenvalue weighted by molar-refractivity contribution is 4.86. The summed E-state index contributed by atoms with van der Waals surface area (Å²) in [4.78, 5) is 2.69. The first kappa shape index (κ1) is 16.9. The highest BCUT2D eigenvalue weighted by Gasteiger charge is 2.28. The van der Waals surface area contributed by atoms with Crippen molar-refractivity contribution in [1.29, 1.82) is 0 Å². The van der Waals surface area contributed by atoms with Gasteiger partial charge < -0.3 is 10.1 Å². The summed E-state index contributed by atoms with van der Waals surface area (Å²) in [6.07, 6.45) is 7.91. The summed E-state index contributed by atoms with van der Waals surface area (Å²) in [6, 6.07) is 1.36. The molecule has 0 aromatic heterocycles. The highest BCUT2D eigenvalue weighted by Crippen LogP contribution is 2.20. The third-order valence-electron chi connectivity index (χ3n) is 4.42. The Labute approximate surface area is 120 Å². The van der Waals surface area contributed by atoms with Crippen molar-refractivity contribution in [3.05, 3.63) is 0 Å². The molecule has 1 N–H and O–H groups in total. The minimum absolute atomic E-state index is 0.488. The normalized spacial score (nSPS) is 21.5. The molecule has 1 aliphatic rings. The molecule has 3 nitrogen and oxygen atoms in total. The molecule has 1 rings (SSSR count). The number of nitrogens with one attached hydrogen (secondary N) is 1. The Hall–Kier alpha value is -0.120. The van der Waals surface area contributed by atoms with Gasteiger partial charge in [0.15, 0.2) is 0 Å². The van der Waals surface area contributed by atoms with Crippen LogP contribution in [0, 0.1) is 0 Å². The zero-order chi connectivity index (χ0) is 14.1. The second kappa shape index (κ2) is 9.73. The zero-order valence-corrected chi connectivity index (χ0v) is 13.5. The van der Waals surface area contributed by atoms with Gasteiger partial charge in [0.05, 0.1) is 6.10 Å². The Kier molecular flexibility index (Phi) is 8.67. The lowest BCUT2D eigenvalue weighted by Gasteiger charge is -2.41. The molecule has 2 atom stereocenters. The molecule has 0 aliphatic carbocycles. The highest BCUT2D eigenvalue weighted by atomic mass is 16.5. The van der Waals surface area contributed by atoms with Crippen LogP contribution in [0.1, 0.15) is 59.3 Å². The average Bonchev–Trinajstić information content (AvgIpc) is 2.46. The molecular formula is C16H34N2O. The lowest BCUT2D eigenvalue weighted by molar-refractivity contribution is 0.0190. The minimum Gasteiger partial charge on any atom is -0.381 e. The number of ether oxygens (including phenoxy) is 1. The summed E-state index contributed by atoms with van der Waals surface area (Å²) >= 11 is 0. The number of nitrogens with zero attached hydrogens (tertiary/aromatic N) is 1. The van der Waals surface area contributed by atoms with Gasteiger partial charge in [0.1, 0.15) is 0 Å². The predicted molar refractivity (Wildman–Crippen MR) is 82.7 cm³/mol. The molecule has 0 aromatic rings. The van der Waals surface area contributed by atoms with Crippen molar-refractivity contribution < 1.29 is 4.74 Å². The molecule has 19 heavy (non-hydrogen) atoms. The van der Waals surface area contributed by atoms with Crippen LogP contribution in [0.15, 0.2) is 0 Å². The lowest BCUT2D eigenvalue weighted by Crippen LogP contribution is -2.53. The summed E-state index contributed by atoms with van der Waals surface area (Å²) < 4.78 is 5.48. The van der Waals surface area contributed by atoms with E-state index in [-0.39, 0.29) is 0 Å². The van der Waals surface area contributed by atoms with E-state index in [1.165, 1.54) is 51.6 Å². The minimum atomic E-state index is 0.488. The molecule has 0 bridgehead atoms. The number of hydrogen-bond donors (Lipinski definition) is 1. The van der Waals surface area contributed by atoms with Gasteiger partial charge in [0, 0.05) is 32.3 Å². The Bertz CT molecular complexity index is 215. The third kappa shape index (κ3) is 5.41. The van der Waals surface area contributed by atoms with E-state index in [1.807, 2.05) is 7.11 Å². The van der Waals surface area contributed by atoms with Gasteiger partial charge >= 0.3 is 0 Å². The van der Waals surface area contributed by atoms with E-state index in [2.05, 4.69) is 31.0 Å². The zero-order valence-electron chi connectivity index (χ0n) is 13.5. The molecule has 3 heteroatoms. The first-order valence-electron chi connectivity index (χ1n) is 8.26. The summed E-state index contributed by atoms with van der Waals surface area (Å²) in [5.74, 6) is 0. The second-order valence-electron chi connectivity index (χ2n) is 5.80. The van der Waals surface area contributed by atoms with Crippen molar-refractivity contribution in [3.8, 4) is 0 Å². The summed E-state index contributed by atoms with van der Waals surface area (Å²) in [5.41, 5.74) is 0. The quantitative estimate of drug-likeness (QED) is 0.697. The summed E-state index contributed by atoms with van der Waals surface area (Å²) in [7, 11) is 1.85. The van der Waals surface area contributed by atoms with Crippen LogP contribution < -0.4 is 5.32 Å². The van der Waals surface area contributed by atoms with E-state index in [1.54, 1.807) is 0 Å². The average molecular weight is 270 g/mol. The van der Waals surface area contributed by atoms with Gasteiger partial charge in [0.2, 0.25) is 0 Å². The number of likely N-dealkylation sites (tertiary alicyclic amines) is 1. The molecule has 0 spiro atoms. The fourth-order valence-corrected chi connectivity index (χ4v) is 3.31. The molecule has 0 amide bonds. The fraction of sp³-hybridized carbons (Fsp3) is 1.00. The first-order chi connectivity index (χ1) is 9.26. The topological polar surface area (TPSA) is 24.5 Å². The van der Waals surface area contributed by atoms with Gasteiger partial charge in [-0.2, -0.15) is 0 Å². The largest absolute Gasteiger partial charge is 0.381 e. The Balaban J connectivity index is 2.52. The molecule has 1 saturated heterocycles. The lowest BCUT2D eigenvalue weighted by atomic mass is 9.96. The summed E-state index contributed by atoms with van der Waals surface area (Å²) in [5, 5.41) is 3.77. The van der Waals surface area contributed by atoms with Crippen LogP contribution in [0.3, 0.4) is 0 Å². The smallest absolute Gasteiger partial charge is 0.0595 e. The SMILES string of the molecule is CCCNC(CCC)C(CC)N1CCC(OC)CC1. The van der Waals surface area contributed by atoms with Crippen LogP contribution in [0.4, 0.5) is 0 Å². The maximum atomic E-state index is 5.48. The molecule has 114 valence electrons.